The Morgan fingerprint density at radius 3 is 2.63 bits per heavy atom. The normalized spacial score (nSPS) is 10.6. The Morgan fingerprint density at radius 2 is 1.89 bits per heavy atom. The molecule has 0 saturated carbocycles. The quantitative estimate of drug-likeness (QED) is 0.659. The van der Waals surface area contributed by atoms with Crippen LogP contribution in [0.4, 0.5) is 5.69 Å². The Balaban J connectivity index is 1.87. The fraction of sp³-hybridized carbons (Fsp3) is 0. The summed E-state index contributed by atoms with van der Waals surface area (Å²) in [5.74, 6) is -0.152. The predicted octanol–water partition coefficient (Wildman–Crippen LogP) is 4.58. The Hall–Kier alpha value is -1.71. The molecule has 0 heterocycles. The summed E-state index contributed by atoms with van der Waals surface area (Å²) >= 11 is 7.32. The van der Waals surface area contributed by atoms with E-state index in [9.17, 15) is 4.79 Å². The Labute approximate surface area is 121 Å². The van der Waals surface area contributed by atoms with Gasteiger partial charge in [-0.05, 0) is 35.7 Å². The summed E-state index contributed by atoms with van der Waals surface area (Å²) in [6.07, 6.45) is 1.50. The van der Waals surface area contributed by atoms with Crippen LogP contribution in [0.2, 0.25) is 5.02 Å². The van der Waals surface area contributed by atoms with E-state index in [0.29, 0.717) is 5.02 Å². The van der Waals surface area contributed by atoms with Crippen LogP contribution in [0.3, 0.4) is 0 Å². The first-order valence-electron chi connectivity index (χ1n) is 5.69. The molecule has 0 aliphatic heterocycles. The van der Waals surface area contributed by atoms with Gasteiger partial charge in [0.2, 0.25) is 5.91 Å². The van der Waals surface area contributed by atoms with Crippen molar-refractivity contribution in [1.82, 2.24) is 0 Å². The van der Waals surface area contributed by atoms with E-state index in [4.69, 9.17) is 11.6 Å². The largest absolute Gasteiger partial charge is 0.322 e. The molecule has 19 heavy (non-hydrogen) atoms. The second-order valence-corrected chi connectivity index (χ2v) is 5.15. The average molecular weight is 290 g/mol. The van der Waals surface area contributed by atoms with Crippen LogP contribution in [0, 0.1) is 0 Å². The van der Waals surface area contributed by atoms with Gasteiger partial charge in [-0.25, -0.2) is 0 Å². The molecule has 2 nitrogen and oxygen atoms in total. The maximum atomic E-state index is 11.6. The van der Waals surface area contributed by atoms with Crippen molar-refractivity contribution in [3.63, 3.8) is 0 Å². The van der Waals surface area contributed by atoms with Gasteiger partial charge in [0.1, 0.15) is 0 Å². The molecule has 2 rings (SSSR count). The van der Waals surface area contributed by atoms with Crippen molar-refractivity contribution >= 4 is 35.0 Å². The summed E-state index contributed by atoms with van der Waals surface area (Å²) in [6, 6.07) is 16.8. The van der Waals surface area contributed by atoms with Crippen molar-refractivity contribution in [3.8, 4) is 0 Å². The highest BCUT2D eigenvalue weighted by atomic mass is 35.5. The lowest BCUT2D eigenvalue weighted by molar-refractivity contribution is -0.111. The molecule has 4 heteroatoms. The highest BCUT2D eigenvalue weighted by Crippen LogP contribution is 2.22. The molecule has 0 aliphatic rings. The van der Waals surface area contributed by atoms with Gasteiger partial charge in [0.15, 0.2) is 0 Å². The Bertz CT molecular complexity index is 584. The molecule has 1 amide bonds. The Morgan fingerprint density at radius 1 is 1.11 bits per heavy atom. The second kappa shape index (κ2) is 7.02. The van der Waals surface area contributed by atoms with Gasteiger partial charge >= 0.3 is 0 Å². The molecule has 0 saturated heterocycles. The van der Waals surface area contributed by atoms with E-state index in [2.05, 4.69) is 5.32 Å². The van der Waals surface area contributed by atoms with E-state index < -0.39 is 0 Å². The van der Waals surface area contributed by atoms with Crippen LogP contribution in [0.25, 0.3) is 0 Å². The molecule has 0 aromatic heterocycles. The number of thioether (sulfide) groups is 1. The second-order valence-electron chi connectivity index (χ2n) is 3.73. The molecule has 0 unspecified atom stereocenters. The number of benzene rings is 2. The van der Waals surface area contributed by atoms with E-state index in [1.165, 1.54) is 17.8 Å². The van der Waals surface area contributed by atoms with Crippen LogP contribution in [0.5, 0.6) is 0 Å². The van der Waals surface area contributed by atoms with Crippen LogP contribution < -0.4 is 5.32 Å². The molecule has 2 aromatic rings. The molecule has 96 valence electrons. The minimum Gasteiger partial charge on any atom is -0.322 e. The number of amides is 1. The van der Waals surface area contributed by atoms with Crippen molar-refractivity contribution < 1.29 is 4.79 Å². The van der Waals surface area contributed by atoms with Gasteiger partial charge in [-0.3, -0.25) is 4.79 Å². The van der Waals surface area contributed by atoms with Gasteiger partial charge in [-0.1, -0.05) is 47.6 Å². The zero-order chi connectivity index (χ0) is 13.5. The number of carbonyl (C=O) groups excluding carboxylic acids is 1. The number of carbonyl (C=O) groups is 1. The van der Waals surface area contributed by atoms with Gasteiger partial charge < -0.3 is 5.32 Å². The first kappa shape index (κ1) is 13.7. The molecule has 0 fully saturated rings. The lowest BCUT2D eigenvalue weighted by Crippen LogP contribution is -2.07. The first-order chi connectivity index (χ1) is 9.24. The zero-order valence-electron chi connectivity index (χ0n) is 10.0. The monoisotopic (exact) mass is 289 g/mol. The van der Waals surface area contributed by atoms with E-state index in [0.717, 1.165) is 10.6 Å². The van der Waals surface area contributed by atoms with Crippen molar-refractivity contribution in [3.05, 3.63) is 71.1 Å². The summed E-state index contributed by atoms with van der Waals surface area (Å²) in [5.41, 5.74) is 0.782. The van der Waals surface area contributed by atoms with Gasteiger partial charge in [0, 0.05) is 21.7 Å². The fourth-order valence-corrected chi connectivity index (χ4v) is 2.38. The third-order valence-electron chi connectivity index (χ3n) is 2.26. The highest BCUT2D eigenvalue weighted by molar-refractivity contribution is 8.02. The molecule has 0 atom stereocenters. The molecular weight excluding hydrogens is 278 g/mol. The lowest BCUT2D eigenvalue weighted by atomic mass is 10.3. The molecule has 2 aromatic carbocycles. The zero-order valence-corrected chi connectivity index (χ0v) is 11.6. The topological polar surface area (TPSA) is 29.1 Å². The first-order valence-corrected chi connectivity index (χ1v) is 6.94. The molecule has 1 N–H and O–H groups in total. The van der Waals surface area contributed by atoms with Crippen LogP contribution >= 0.6 is 23.4 Å². The standard InChI is InChI=1S/C15H12ClNOS/c16-12-5-4-8-14(11-12)19-10-9-15(18)17-13-6-2-1-3-7-13/h1-11H,(H,17,18). The van der Waals surface area contributed by atoms with Crippen molar-refractivity contribution in [2.75, 3.05) is 5.32 Å². The third kappa shape index (κ3) is 4.81. The summed E-state index contributed by atoms with van der Waals surface area (Å²) in [7, 11) is 0. The van der Waals surface area contributed by atoms with Gasteiger partial charge in [-0.15, -0.1) is 0 Å². The Kier molecular flexibility index (Phi) is 5.07. The minimum absolute atomic E-state index is 0.152. The molecule has 0 bridgehead atoms. The van der Waals surface area contributed by atoms with Crippen LogP contribution in [0.15, 0.2) is 71.0 Å². The van der Waals surface area contributed by atoms with Gasteiger partial charge in [0.05, 0.1) is 0 Å². The van der Waals surface area contributed by atoms with Crippen molar-refractivity contribution in [2.24, 2.45) is 0 Å². The molecule has 0 spiro atoms. The molecular formula is C15H12ClNOS. The van der Waals surface area contributed by atoms with Gasteiger partial charge in [0.25, 0.3) is 0 Å². The van der Waals surface area contributed by atoms with E-state index >= 15 is 0 Å². The molecule has 0 radical (unpaired) electrons. The summed E-state index contributed by atoms with van der Waals surface area (Å²) in [6.45, 7) is 0. The van der Waals surface area contributed by atoms with E-state index in [1.807, 2.05) is 54.6 Å². The van der Waals surface area contributed by atoms with Crippen LogP contribution in [0.1, 0.15) is 0 Å². The van der Waals surface area contributed by atoms with Crippen LogP contribution in [-0.4, -0.2) is 5.91 Å². The summed E-state index contributed by atoms with van der Waals surface area (Å²) in [4.78, 5) is 12.6. The summed E-state index contributed by atoms with van der Waals surface area (Å²) in [5, 5.41) is 5.20. The smallest absolute Gasteiger partial charge is 0.248 e. The number of hydrogen-bond donors (Lipinski definition) is 1. The number of hydrogen-bond acceptors (Lipinski definition) is 2. The number of halogens is 1. The average Bonchev–Trinajstić information content (AvgIpc) is 2.40. The fourth-order valence-electron chi connectivity index (χ4n) is 1.42. The number of anilines is 1. The summed E-state index contributed by atoms with van der Waals surface area (Å²) < 4.78 is 0. The highest BCUT2D eigenvalue weighted by Gasteiger charge is 1.97. The predicted molar refractivity (Wildman–Crippen MR) is 81.5 cm³/mol. The van der Waals surface area contributed by atoms with Gasteiger partial charge in [-0.2, -0.15) is 0 Å². The van der Waals surface area contributed by atoms with E-state index in [-0.39, 0.29) is 5.91 Å². The minimum atomic E-state index is -0.152. The van der Waals surface area contributed by atoms with E-state index in [1.54, 1.807) is 5.41 Å². The maximum Gasteiger partial charge on any atom is 0.248 e. The lowest BCUT2D eigenvalue weighted by Gasteiger charge is -2.00. The van der Waals surface area contributed by atoms with Crippen LogP contribution in [-0.2, 0) is 4.79 Å². The molecule has 0 aliphatic carbocycles. The number of rotatable bonds is 4. The number of nitrogens with one attached hydrogen (secondary N) is 1. The SMILES string of the molecule is O=C(C=CSc1cccc(Cl)c1)Nc1ccccc1. The maximum absolute atomic E-state index is 11.6. The number of para-hydroxylation sites is 1. The third-order valence-corrected chi connectivity index (χ3v) is 3.29. The van der Waals surface area contributed by atoms with Crippen molar-refractivity contribution in [2.45, 2.75) is 4.90 Å². The van der Waals surface area contributed by atoms with Crippen molar-refractivity contribution in [1.29, 1.82) is 0 Å².